The van der Waals surface area contributed by atoms with Gasteiger partial charge in [0.05, 0.1) is 16.1 Å². The van der Waals surface area contributed by atoms with E-state index in [0.717, 1.165) is 46.5 Å². The Balaban J connectivity index is 1.45. The summed E-state index contributed by atoms with van der Waals surface area (Å²) in [7, 11) is 0. The maximum Gasteiger partial charge on any atom is 0.321 e. The smallest absolute Gasteiger partial charge is 0.321 e. The van der Waals surface area contributed by atoms with Crippen LogP contribution in [0.2, 0.25) is 0 Å². The number of para-hydroxylation sites is 1. The zero-order valence-corrected chi connectivity index (χ0v) is 16.8. The lowest BCUT2D eigenvalue weighted by molar-refractivity contribution is -0.117. The number of fused-ring (bicyclic) bond motifs is 1. The molecule has 0 radical (unpaired) electrons. The van der Waals surface area contributed by atoms with Gasteiger partial charge in [0.15, 0.2) is 5.82 Å². The van der Waals surface area contributed by atoms with Gasteiger partial charge in [-0.3, -0.25) is 10.1 Å². The molecule has 0 saturated heterocycles. The molecule has 2 heterocycles. The number of hydrogen-bond acceptors (Lipinski definition) is 6. The molecule has 3 aromatic rings. The quantitative estimate of drug-likeness (QED) is 0.484. The van der Waals surface area contributed by atoms with Crippen molar-refractivity contribution >= 4 is 45.9 Å². The standard InChI is InChI=1S/C20H20N4O2S2/c25-17(23-20(26)21-13-6-1-2-7-13)12-28-19-14-8-3-4-9-15(14)22-18(24-19)16-10-5-11-27-16/h3-5,8-11,13H,1-2,6-7,12H2,(H2,21,23,25,26). The number of nitrogens with one attached hydrogen (secondary N) is 2. The molecule has 28 heavy (non-hydrogen) atoms. The summed E-state index contributed by atoms with van der Waals surface area (Å²) in [6, 6.07) is 11.4. The van der Waals surface area contributed by atoms with Crippen molar-refractivity contribution in [3.05, 3.63) is 41.8 Å². The van der Waals surface area contributed by atoms with Crippen LogP contribution in [0, 0.1) is 0 Å². The summed E-state index contributed by atoms with van der Waals surface area (Å²) in [6.07, 6.45) is 4.22. The highest BCUT2D eigenvalue weighted by molar-refractivity contribution is 8.00. The fourth-order valence-electron chi connectivity index (χ4n) is 3.26. The van der Waals surface area contributed by atoms with Crippen LogP contribution in [0.15, 0.2) is 46.8 Å². The molecule has 2 N–H and O–H groups in total. The molecule has 1 aliphatic rings. The third-order valence-electron chi connectivity index (χ3n) is 4.59. The minimum Gasteiger partial charge on any atom is -0.335 e. The monoisotopic (exact) mass is 412 g/mol. The van der Waals surface area contributed by atoms with Crippen LogP contribution in [0.4, 0.5) is 4.79 Å². The van der Waals surface area contributed by atoms with Gasteiger partial charge in [0, 0.05) is 11.4 Å². The van der Waals surface area contributed by atoms with Gasteiger partial charge in [-0.05, 0) is 30.4 Å². The number of rotatable bonds is 5. The van der Waals surface area contributed by atoms with Gasteiger partial charge in [0.25, 0.3) is 0 Å². The van der Waals surface area contributed by atoms with Crippen molar-refractivity contribution in [1.29, 1.82) is 0 Å². The number of hydrogen-bond donors (Lipinski definition) is 2. The third-order valence-corrected chi connectivity index (χ3v) is 6.45. The maximum absolute atomic E-state index is 12.2. The molecule has 0 unspecified atom stereocenters. The van der Waals surface area contributed by atoms with Crippen LogP contribution in [0.25, 0.3) is 21.6 Å². The van der Waals surface area contributed by atoms with Crippen LogP contribution in [0.3, 0.4) is 0 Å². The second-order valence-electron chi connectivity index (χ2n) is 6.64. The molecule has 3 amide bonds. The van der Waals surface area contributed by atoms with Crippen molar-refractivity contribution in [3.8, 4) is 10.7 Å². The summed E-state index contributed by atoms with van der Waals surface area (Å²) in [4.78, 5) is 34.5. The van der Waals surface area contributed by atoms with Gasteiger partial charge in [-0.1, -0.05) is 48.9 Å². The highest BCUT2D eigenvalue weighted by Gasteiger charge is 2.18. The van der Waals surface area contributed by atoms with Gasteiger partial charge in [-0.2, -0.15) is 0 Å². The number of carbonyl (C=O) groups excluding carboxylic acids is 2. The number of amides is 3. The highest BCUT2D eigenvalue weighted by atomic mass is 32.2. The minimum atomic E-state index is -0.413. The van der Waals surface area contributed by atoms with E-state index in [1.54, 1.807) is 11.3 Å². The lowest BCUT2D eigenvalue weighted by Gasteiger charge is -2.12. The van der Waals surface area contributed by atoms with E-state index in [-0.39, 0.29) is 17.7 Å². The first-order valence-electron chi connectivity index (χ1n) is 9.23. The van der Waals surface area contributed by atoms with E-state index < -0.39 is 6.03 Å². The Kier molecular flexibility index (Phi) is 5.87. The average molecular weight is 413 g/mol. The summed E-state index contributed by atoms with van der Waals surface area (Å²) in [5.41, 5.74) is 0.836. The SMILES string of the molecule is O=C(CSc1nc(-c2cccs2)nc2ccccc12)NC(=O)NC1CCCC1. The van der Waals surface area contributed by atoms with Crippen molar-refractivity contribution in [1.82, 2.24) is 20.6 Å². The first-order chi connectivity index (χ1) is 13.7. The van der Waals surface area contributed by atoms with E-state index in [1.165, 1.54) is 11.8 Å². The Labute approximate surface area is 171 Å². The summed E-state index contributed by atoms with van der Waals surface area (Å²) >= 11 is 2.89. The van der Waals surface area contributed by atoms with Crippen LogP contribution in [0.5, 0.6) is 0 Å². The summed E-state index contributed by atoms with van der Waals surface area (Å²) in [5.74, 6) is 0.430. The van der Waals surface area contributed by atoms with E-state index in [0.29, 0.717) is 5.82 Å². The van der Waals surface area contributed by atoms with Gasteiger partial charge in [0.2, 0.25) is 5.91 Å². The Morgan fingerprint density at radius 1 is 1.11 bits per heavy atom. The second kappa shape index (κ2) is 8.70. The Morgan fingerprint density at radius 3 is 2.71 bits per heavy atom. The van der Waals surface area contributed by atoms with Crippen molar-refractivity contribution < 1.29 is 9.59 Å². The van der Waals surface area contributed by atoms with E-state index in [1.807, 2.05) is 41.8 Å². The van der Waals surface area contributed by atoms with Crippen LogP contribution in [0.1, 0.15) is 25.7 Å². The predicted octanol–water partition coefficient (Wildman–Crippen LogP) is 4.22. The topological polar surface area (TPSA) is 84.0 Å². The molecule has 0 aliphatic heterocycles. The zero-order chi connectivity index (χ0) is 19.3. The predicted molar refractivity (Wildman–Crippen MR) is 113 cm³/mol. The molecule has 4 rings (SSSR count). The van der Waals surface area contributed by atoms with Crippen LogP contribution < -0.4 is 10.6 Å². The Hall–Kier alpha value is -2.45. The molecular weight excluding hydrogens is 392 g/mol. The fourth-order valence-corrected chi connectivity index (χ4v) is 4.74. The first kappa shape index (κ1) is 18.9. The lowest BCUT2D eigenvalue weighted by Crippen LogP contribution is -2.44. The summed E-state index contributed by atoms with van der Waals surface area (Å²) in [6.45, 7) is 0. The molecule has 0 spiro atoms. The van der Waals surface area contributed by atoms with Crippen LogP contribution >= 0.6 is 23.1 Å². The number of carbonyl (C=O) groups is 2. The second-order valence-corrected chi connectivity index (χ2v) is 8.55. The van der Waals surface area contributed by atoms with Crippen LogP contribution in [-0.4, -0.2) is 33.7 Å². The molecule has 6 nitrogen and oxygen atoms in total. The number of thiophene rings is 1. The van der Waals surface area contributed by atoms with Crippen molar-refractivity contribution in [2.45, 2.75) is 36.8 Å². The average Bonchev–Trinajstić information content (AvgIpc) is 3.40. The normalized spacial score (nSPS) is 14.3. The molecule has 0 bridgehead atoms. The van der Waals surface area contributed by atoms with Gasteiger partial charge in [0.1, 0.15) is 5.03 Å². The molecular formula is C20H20N4O2S2. The van der Waals surface area contributed by atoms with E-state index in [9.17, 15) is 9.59 Å². The van der Waals surface area contributed by atoms with E-state index >= 15 is 0 Å². The van der Waals surface area contributed by atoms with Crippen molar-refractivity contribution in [3.63, 3.8) is 0 Å². The van der Waals surface area contributed by atoms with E-state index in [2.05, 4.69) is 20.6 Å². The Morgan fingerprint density at radius 2 is 1.93 bits per heavy atom. The molecule has 1 saturated carbocycles. The Bertz CT molecular complexity index is 985. The maximum atomic E-state index is 12.2. The molecule has 1 aliphatic carbocycles. The zero-order valence-electron chi connectivity index (χ0n) is 15.2. The first-order valence-corrected chi connectivity index (χ1v) is 11.1. The third kappa shape index (κ3) is 4.51. The number of aromatic nitrogens is 2. The molecule has 2 aromatic heterocycles. The lowest BCUT2D eigenvalue weighted by atomic mass is 10.2. The molecule has 1 aromatic carbocycles. The minimum absolute atomic E-state index is 0.114. The number of imide groups is 1. The van der Waals surface area contributed by atoms with Gasteiger partial charge >= 0.3 is 6.03 Å². The highest BCUT2D eigenvalue weighted by Crippen LogP contribution is 2.29. The fraction of sp³-hybridized carbons (Fsp3) is 0.300. The van der Waals surface area contributed by atoms with Gasteiger partial charge in [-0.25, -0.2) is 14.8 Å². The molecule has 0 atom stereocenters. The van der Waals surface area contributed by atoms with Crippen molar-refractivity contribution in [2.75, 3.05) is 5.75 Å². The van der Waals surface area contributed by atoms with E-state index in [4.69, 9.17) is 0 Å². The number of thioether (sulfide) groups is 1. The van der Waals surface area contributed by atoms with Crippen LogP contribution in [-0.2, 0) is 4.79 Å². The van der Waals surface area contributed by atoms with Gasteiger partial charge < -0.3 is 5.32 Å². The molecule has 8 heteroatoms. The summed E-state index contributed by atoms with van der Waals surface area (Å²) < 4.78 is 0. The number of benzene rings is 1. The van der Waals surface area contributed by atoms with Crippen molar-refractivity contribution in [2.24, 2.45) is 0 Å². The number of nitrogens with zero attached hydrogens (tertiary/aromatic N) is 2. The molecule has 1 fully saturated rings. The number of urea groups is 1. The van der Waals surface area contributed by atoms with Gasteiger partial charge in [-0.15, -0.1) is 11.3 Å². The summed E-state index contributed by atoms with van der Waals surface area (Å²) in [5, 5.41) is 8.90. The molecule has 144 valence electrons. The largest absolute Gasteiger partial charge is 0.335 e.